The number of carbonyl (C=O) groups is 1. The SMILES string of the molecule is CCC/C=C\CCCCCCCC(=O)OC(COCCCCCCCCCC/C=C\C/C=C\CCCCCC)COP(=O)(O)OCC[N+](C)(C)C. The topological polar surface area (TPSA) is 91.3 Å². The first-order valence-electron chi connectivity index (χ1n) is 20.7. The number of ether oxygens (including phenoxy) is 2. The molecule has 9 heteroatoms. The smallest absolute Gasteiger partial charge is 0.457 e. The fraction of sp³-hybridized carbons (Fsp3) is 0.833. The van der Waals surface area contributed by atoms with Crippen LogP contribution in [0.5, 0.6) is 0 Å². The maximum absolute atomic E-state index is 12.6. The van der Waals surface area contributed by atoms with Gasteiger partial charge in [-0.05, 0) is 64.2 Å². The van der Waals surface area contributed by atoms with Crippen LogP contribution in [0.4, 0.5) is 0 Å². The minimum Gasteiger partial charge on any atom is -0.457 e. The van der Waals surface area contributed by atoms with Crippen LogP contribution in [0.15, 0.2) is 36.5 Å². The monoisotopic (exact) mass is 743 g/mol. The molecule has 0 bridgehead atoms. The van der Waals surface area contributed by atoms with Gasteiger partial charge in [-0.25, -0.2) is 4.57 Å². The van der Waals surface area contributed by atoms with Gasteiger partial charge in [0, 0.05) is 13.0 Å². The quantitative estimate of drug-likeness (QED) is 0.0221. The van der Waals surface area contributed by atoms with Crippen molar-refractivity contribution in [3.63, 3.8) is 0 Å². The van der Waals surface area contributed by atoms with Crippen molar-refractivity contribution in [1.82, 2.24) is 0 Å². The number of carbonyl (C=O) groups excluding carboxylic acids is 1. The average molecular weight is 743 g/mol. The zero-order chi connectivity index (χ0) is 37.7. The first kappa shape index (κ1) is 49.7. The zero-order valence-corrected chi connectivity index (χ0v) is 34.7. The Morgan fingerprint density at radius 2 is 1.12 bits per heavy atom. The van der Waals surface area contributed by atoms with E-state index in [4.69, 9.17) is 18.5 Å². The van der Waals surface area contributed by atoms with E-state index in [0.717, 1.165) is 57.8 Å². The Kier molecular flexibility index (Phi) is 34.8. The number of nitrogens with zero attached hydrogens (tertiary/aromatic N) is 1. The van der Waals surface area contributed by atoms with Crippen LogP contribution in [-0.4, -0.2) is 75.6 Å². The lowest BCUT2D eigenvalue weighted by Crippen LogP contribution is -2.37. The van der Waals surface area contributed by atoms with E-state index in [1.165, 1.54) is 89.9 Å². The van der Waals surface area contributed by atoms with Gasteiger partial charge in [-0.15, -0.1) is 0 Å². The Balaban J connectivity index is 4.21. The number of rotatable bonds is 38. The molecule has 0 radical (unpaired) electrons. The minimum absolute atomic E-state index is 0.0853. The fourth-order valence-electron chi connectivity index (χ4n) is 5.41. The van der Waals surface area contributed by atoms with Gasteiger partial charge in [-0.1, -0.05) is 134 Å². The van der Waals surface area contributed by atoms with Crippen LogP contribution in [0.1, 0.15) is 168 Å². The number of hydrogen-bond acceptors (Lipinski definition) is 6. The van der Waals surface area contributed by atoms with E-state index < -0.39 is 13.9 Å². The summed E-state index contributed by atoms with van der Waals surface area (Å²) in [5.74, 6) is -0.329. The fourth-order valence-corrected chi connectivity index (χ4v) is 6.15. The molecule has 0 heterocycles. The number of allylic oxidation sites excluding steroid dienone is 6. The Labute approximate surface area is 315 Å². The van der Waals surface area contributed by atoms with Crippen LogP contribution < -0.4 is 0 Å². The summed E-state index contributed by atoms with van der Waals surface area (Å²) < 4.78 is 34.9. The molecule has 300 valence electrons. The van der Waals surface area contributed by atoms with Crippen LogP contribution in [0.2, 0.25) is 0 Å². The first-order chi connectivity index (χ1) is 24.6. The van der Waals surface area contributed by atoms with Gasteiger partial charge in [0.15, 0.2) is 0 Å². The molecule has 0 aromatic rings. The molecular weight excluding hydrogens is 661 g/mol. The number of esters is 1. The maximum Gasteiger partial charge on any atom is 0.472 e. The molecule has 2 unspecified atom stereocenters. The molecule has 0 aliphatic carbocycles. The lowest BCUT2D eigenvalue weighted by molar-refractivity contribution is -0.870. The van der Waals surface area contributed by atoms with Crippen molar-refractivity contribution >= 4 is 13.8 Å². The summed E-state index contributed by atoms with van der Waals surface area (Å²) in [7, 11) is 1.65. The van der Waals surface area contributed by atoms with Gasteiger partial charge in [0.25, 0.3) is 0 Å². The molecule has 51 heavy (non-hydrogen) atoms. The lowest BCUT2D eigenvalue weighted by atomic mass is 10.1. The third-order valence-corrected chi connectivity index (χ3v) is 9.64. The van der Waals surface area contributed by atoms with Crippen LogP contribution in [0.25, 0.3) is 0 Å². The van der Waals surface area contributed by atoms with E-state index in [2.05, 4.69) is 50.3 Å². The molecule has 0 spiro atoms. The van der Waals surface area contributed by atoms with Gasteiger partial charge in [-0.2, -0.15) is 0 Å². The predicted molar refractivity (Wildman–Crippen MR) is 215 cm³/mol. The second kappa shape index (κ2) is 35.7. The maximum atomic E-state index is 12.6. The third-order valence-electron chi connectivity index (χ3n) is 8.65. The van der Waals surface area contributed by atoms with Gasteiger partial charge in [0.2, 0.25) is 0 Å². The second-order valence-corrected chi connectivity index (χ2v) is 16.5. The van der Waals surface area contributed by atoms with Crippen molar-refractivity contribution < 1.29 is 37.3 Å². The number of hydrogen-bond donors (Lipinski definition) is 1. The van der Waals surface area contributed by atoms with Crippen molar-refractivity contribution in [3.8, 4) is 0 Å². The molecule has 0 saturated heterocycles. The summed E-state index contributed by atoms with van der Waals surface area (Å²) in [4.78, 5) is 22.8. The largest absolute Gasteiger partial charge is 0.472 e. The molecule has 8 nitrogen and oxygen atoms in total. The van der Waals surface area contributed by atoms with Crippen molar-refractivity contribution in [1.29, 1.82) is 0 Å². The molecular formula is C42H81NO7P+. The molecule has 0 aromatic carbocycles. The van der Waals surface area contributed by atoms with E-state index >= 15 is 0 Å². The predicted octanol–water partition coefficient (Wildman–Crippen LogP) is 11.8. The summed E-state index contributed by atoms with van der Waals surface area (Å²) in [6.45, 7) is 5.51. The molecule has 0 aliphatic rings. The number of likely N-dealkylation sites (N-methyl/N-ethyl adjacent to an activating group) is 1. The van der Waals surface area contributed by atoms with Crippen LogP contribution in [-0.2, 0) is 27.9 Å². The van der Waals surface area contributed by atoms with Crippen molar-refractivity contribution in [2.45, 2.75) is 174 Å². The van der Waals surface area contributed by atoms with Crippen LogP contribution in [0, 0.1) is 0 Å². The number of quaternary nitrogens is 1. The molecule has 0 rings (SSSR count). The molecule has 0 aliphatic heterocycles. The van der Waals surface area contributed by atoms with E-state index in [-0.39, 0.29) is 25.8 Å². The summed E-state index contributed by atoms with van der Waals surface area (Å²) in [5, 5.41) is 0. The lowest BCUT2D eigenvalue weighted by Gasteiger charge is -2.24. The Morgan fingerprint density at radius 3 is 1.69 bits per heavy atom. The van der Waals surface area contributed by atoms with Gasteiger partial charge in [0.05, 0.1) is 34.4 Å². The van der Waals surface area contributed by atoms with Gasteiger partial charge < -0.3 is 18.9 Å². The normalized spacial score (nSPS) is 14.2. The molecule has 0 saturated carbocycles. The van der Waals surface area contributed by atoms with Crippen molar-refractivity contribution in [3.05, 3.63) is 36.5 Å². The van der Waals surface area contributed by atoms with Crippen LogP contribution >= 0.6 is 7.82 Å². The van der Waals surface area contributed by atoms with Crippen molar-refractivity contribution in [2.24, 2.45) is 0 Å². The summed E-state index contributed by atoms with van der Waals surface area (Å²) in [5.41, 5.74) is 0. The first-order valence-corrected chi connectivity index (χ1v) is 22.2. The second-order valence-electron chi connectivity index (χ2n) is 15.0. The highest BCUT2D eigenvalue weighted by molar-refractivity contribution is 7.47. The van der Waals surface area contributed by atoms with E-state index in [0.29, 0.717) is 24.1 Å². The van der Waals surface area contributed by atoms with E-state index in [9.17, 15) is 14.3 Å². The van der Waals surface area contributed by atoms with Gasteiger partial charge in [0.1, 0.15) is 19.3 Å². The zero-order valence-electron chi connectivity index (χ0n) is 33.8. The summed E-state index contributed by atoms with van der Waals surface area (Å²) in [6.07, 6.45) is 40.3. The molecule has 0 amide bonds. The Bertz CT molecular complexity index is 915. The number of unbranched alkanes of at least 4 members (excludes halogenated alkanes) is 18. The standard InChI is InChI=1S/C42H80NO7P/c1-6-8-10-12-14-16-18-19-20-21-22-23-24-25-26-28-30-32-34-37-47-39-41(40-49-51(45,46)48-38-36-43(3,4)5)50-42(44)35-33-31-29-27-17-15-13-11-9-7-2/h11,13,16,18,20-21,41H,6-10,12,14-15,17,19,22-40H2,1-5H3/p+1/b13-11-,18-16-,21-20-. The molecule has 0 fully saturated rings. The summed E-state index contributed by atoms with van der Waals surface area (Å²) >= 11 is 0. The third kappa shape index (κ3) is 39.8. The molecule has 2 atom stereocenters. The Hall–Kier alpha value is -1.28. The molecule has 0 aromatic heterocycles. The van der Waals surface area contributed by atoms with E-state index in [1.54, 1.807) is 0 Å². The highest BCUT2D eigenvalue weighted by Gasteiger charge is 2.26. The van der Waals surface area contributed by atoms with Gasteiger partial charge in [-0.3, -0.25) is 13.8 Å². The number of phosphoric acid groups is 1. The van der Waals surface area contributed by atoms with Crippen molar-refractivity contribution in [2.75, 3.05) is 54.1 Å². The summed E-state index contributed by atoms with van der Waals surface area (Å²) in [6, 6.07) is 0. The minimum atomic E-state index is -4.27. The highest BCUT2D eigenvalue weighted by Crippen LogP contribution is 2.43. The highest BCUT2D eigenvalue weighted by atomic mass is 31.2. The number of phosphoric ester groups is 1. The van der Waals surface area contributed by atoms with Gasteiger partial charge >= 0.3 is 13.8 Å². The van der Waals surface area contributed by atoms with Crippen LogP contribution in [0.3, 0.4) is 0 Å². The molecule has 1 N–H and O–H groups in total. The average Bonchev–Trinajstić information content (AvgIpc) is 3.08. The Morgan fingerprint density at radius 1 is 0.608 bits per heavy atom. The van der Waals surface area contributed by atoms with E-state index in [1.807, 2.05) is 21.1 Å².